The third-order valence-corrected chi connectivity index (χ3v) is 4.63. The number of unbranched alkanes of at least 4 members (excludes halogenated alkanes) is 1. The quantitative estimate of drug-likeness (QED) is 0.584. The molecule has 0 fully saturated rings. The van der Waals surface area contributed by atoms with Gasteiger partial charge in [0.15, 0.2) is 15.1 Å². The first-order valence-corrected chi connectivity index (χ1v) is 7.45. The Hall–Kier alpha value is -1.87. The topological polar surface area (TPSA) is 84.2 Å². The minimum atomic E-state index is -3.68. The molecular weight excluding hydrogens is 266 g/mol. The molecule has 19 heavy (non-hydrogen) atoms. The monoisotopic (exact) mass is 281 g/mol. The molecule has 102 valence electrons. The Bertz CT molecular complexity index is 560. The van der Waals surface area contributed by atoms with E-state index in [1.807, 2.05) is 6.07 Å². The second-order valence-electron chi connectivity index (χ2n) is 3.94. The first kappa shape index (κ1) is 15.2. The van der Waals surface area contributed by atoms with Crippen LogP contribution in [0.3, 0.4) is 0 Å². The summed E-state index contributed by atoms with van der Waals surface area (Å²) in [6, 6.07) is 10.1. The normalized spacial score (nSPS) is 12.4. The Balaban J connectivity index is 3.05. The highest BCUT2D eigenvalue weighted by atomic mass is 32.2. The van der Waals surface area contributed by atoms with E-state index in [1.54, 1.807) is 30.3 Å². The maximum absolute atomic E-state index is 12.2. The number of rotatable bonds is 6. The summed E-state index contributed by atoms with van der Waals surface area (Å²) in [4.78, 5) is 11.7. The van der Waals surface area contributed by atoms with E-state index in [0.717, 1.165) is 7.11 Å². The van der Waals surface area contributed by atoms with Gasteiger partial charge in [-0.1, -0.05) is 30.3 Å². The fourth-order valence-corrected chi connectivity index (χ4v) is 3.44. The summed E-state index contributed by atoms with van der Waals surface area (Å²) in [6.07, 6.45) is 0.348. The summed E-state index contributed by atoms with van der Waals surface area (Å²) >= 11 is 0. The average Bonchev–Trinajstić information content (AvgIpc) is 2.39. The van der Waals surface area contributed by atoms with Crippen molar-refractivity contribution in [2.75, 3.05) is 12.9 Å². The first-order valence-electron chi connectivity index (χ1n) is 5.74. The summed E-state index contributed by atoms with van der Waals surface area (Å²) in [6.45, 7) is 0. The van der Waals surface area contributed by atoms with Crippen LogP contribution in [0.4, 0.5) is 0 Å². The van der Waals surface area contributed by atoms with Crippen molar-refractivity contribution >= 4 is 15.8 Å². The van der Waals surface area contributed by atoms with Crippen molar-refractivity contribution in [1.29, 1.82) is 5.26 Å². The smallest absolute Gasteiger partial charge is 0.328 e. The zero-order valence-electron chi connectivity index (χ0n) is 10.6. The highest BCUT2D eigenvalue weighted by Gasteiger charge is 2.34. The molecule has 1 atom stereocenters. The molecule has 0 N–H and O–H groups in total. The molecular formula is C13H15NO4S. The van der Waals surface area contributed by atoms with Crippen LogP contribution in [0, 0.1) is 11.3 Å². The van der Waals surface area contributed by atoms with Crippen LogP contribution in [0.5, 0.6) is 0 Å². The number of ether oxygens (including phenoxy) is 1. The third-order valence-electron chi connectivity index (χ3n) is 2.59. The minimum absolute atomic E-state index is 0.141. The maximum Gasteiger partial charge on any atom is 0.328 e. The van der Waals surface area contributed by atoms with Gasteiger partial charge in [-0.2, -0.15) is 5.26 Å². The lowest BCUT2D eigenvalue weighted by molar-refractivity contribution is -0.140. The molecule has 0 aliphatic carbocycles. The Kier molecular flexibility index (Phi) is 5.52. The summed E-state index contributed by atoms with van der Waals surface area (Å²) in [7, 11) is -2.53. The average molecular weight is 281 g/mol. The molecule has 0 aliphatic heterocycles. The molecule has 0 saturated carbocycles. The summed E-state index contributed by atoms with van der Waals surface area (Å²) in [5, 5.41) is 7.12. The van der Waals surface area contributed by atoms with Crippen molar-refractivity contribution < 1.29 is 17.9 Å². The lowest BCUT2D eigenvalue weighted by Crippen LogP contribution is -2.25. The van der Waals surface area contributed by atoms with Gasteiger partial charge in [0.2, 0.25) is 0 Å². The first-order chi connectivity index (χ1) is 9.03. The summed E-state index contributed by atoms with van der Waals surface area (Å²) < 4.78 is 29.0. The number of sulfone groups is 1. The molecule has 1 aromatic carbocycles. The van der Waals surface area contributed by atoms with Gasteiger partial charge < -0.3 is 4.74 Å². The minimum Gasteiger partial charge on any atom is -0.468 e. The van der Waals surface area contributed by atoms with E-state index in [0.29, 0.717) is 5.56 Å². The van der Waals surface area contributed by atoms with Gasteiger partial charge in [-0.25, -0.2) is 8.42 Å². The standard InChI is InChI=1S/C13H15NO4S/c1-18-13(15)12(11-7-3-2-4-8-11)19(16,17)10-6-5-9-14/h2-4,7-8,12H,5-6,10H2,1H3. The number of benzene rings is 1. The summed E-state index contributed by atoms with van der Waals surface area (Å²) in [5.74, 6) is -1.02. The molecule has 0 bridgehead atoms. The van der Waals surface area contributed by atoms with Crippen LogP contribution in [0.1, 0.15) is 23.7 Å². The molecule has 0 radical (unpaired) electrons. The molecule has 0 aromatic heterocycles. The van der Waals surface area contributed by atoms with E-state index >= 15 is 0 Å². The lowest BCUT2D eigenvalue weighted by Gasteiger charge is -2.15. The number of esters is 1. The van der Waals surface area contributed by atoms with Crippen molar-refractivity contribution in [3.8, 4) is 6.07 Å². The number of hydrogen-bond donors (Lipinski definition) is 0. The molecule has 6 heteroatoms. The SMILES string of the molecule is COC(=O)C(c1ccccc1)S(=O)(=O)CCCC#N. The van der Waals surface area contributed by atoms with Gasteiger partial charge in [-0.3, -0.25) is 4.79 Å². The molecule has 0 amide bonds. The van der Waals surface area contributed by atoms with Crippen molar-refractivity contribution in [3.63, 3.8) is 0 Å². The van der Waals surface area contributed by atoms with Gasteiger partial charge in [0.1, 0.15) is 0 Å². The Morgan fingerprint density at radius 1 is 1.37 bits per heavy atom. The lowest BCUT2D eigenvalue weighted by atomic mass is 10.1. The number of carbonyl (C=O) groups is 1. The van der Waals surface area contributed by atoms with Crippen molar-refractivity contribution in [2.24, 2.45) is 0 Å². The van der Waals surface area contributed by atoms with Gasteiger partial charge in [0.05, 0.1) is 18.9 Å². The predicted octanol–water partition coefficient (Wildman–Crippen LogP) is 1.62. The maximum atomic E-state index is 12.2. The largest absolute Gasteiger partial charge is 0.468 e. The van der Waals surface area contributed by atoms with Gasteiger partial charge in [0, 0.05) is 6.42 Å². The van der Waals surface area contributed by atoms with Crippen molar-refractivity contribution in [1.82, 2.24) is 0 Å². The number of nitriles is 1. The Morgan fingerprint density at radius 2 is 2.00 bits per heavy atom. The Labute approximate surface area is 112 Å². The van der Waals surface area contributed by atoms with E-state index in [-0.39, 0.29) is 18.6 Å². The van der Waals surface area contributed by atoms with Gasteiger partial charge in [0.25, 0.3) is 0 Å². The van der Waals surface area contributed by atoms with Gasteiger partial charge in [-0.15, -0.1) is 0 Å². The third kappa shape index (κ3) is 4.07. The Morgan fingerprint density at radius 3 is 2.53 bits per heavy atom. The van der Waals surface area contributed by atoms with Gasteiger partial charge in [-0.05, 0) is 12.0 Å². The highest BCUT2D eigenvalue weighted by molar-refractivity contribution is 7.92. The molecule has 1 unspecified atom stereocenters. The van der Waals surface area contributed by atoms with E-state index in [2.05, 4.69) is 4.74 Å². The van der Waals surface area contributed by atoms with Crippen LogP contribution in [0.15, 0.2) is 30.3 Å². The van der Waals surface area contributed by atoms with E-state index in [1.165, 1.54) is 0 Å². The fraction of sp³-hybridized carbons (Fsp3) is 0.385. The predicted molar refractivity (Wildman–Crippen MR) is 69.8 cm³/mol. The molecule has 5 nitrogen and oxygen atoms in total. The second-order valence-corrected chi connectivity index (χ2v) is 6.15. The molecule has 0 aliphatic rings. The second kappa shape index (κ2) is 6.90. The van der Waals surface area contributed by atoms with E-state index in [4.69, 9.17) is 5.26 Å². The van der Waals surface area contributed by atoms with Gasteiger partial charge >= 0.3 is 5.97 Å². The van der Waals surface area contributed by atoms with Crippen LogP contribution in [0.2, 0.25) is 0 Å². The zero-order valence-corrected chi connectivity index (χ0v) is 11.4. The van der Waals surface area contributed by atoms with Crippen LogP contribution < -0.4 is 0 Å². The molecule has 1 aromatic rings. The molecule has 0 spiro atoms. The van der Waals surface area contributed by atoms with Crippen molar-refractivity contribution in [3.05, 3.63) is 35.9 Å². The van der Waals surface area contributed by atoms with Crippen LogP contribution in [-0.4, -0.2) is 27.2 Å². The number of hydrogen-bond acceptors (Lipinski definition) is 5. The summed E-state index contributed by atoms with van der Waals surface area (Å²) in [5.41, 5.74) is 0.381. The molecule has 1 rings (SSSR count). The molecule has 0 heterocycles. The number of carbonyl (C=O) groups excluding carboxylic acids is 1. The van der Waals surface area contributed by atoms with Crippen LogP contribution >= 0.6 is 0 Å². The highest BCUT2D eigenvalue weighted by Crippen LogP contribution is 2.25. The molecule has 0 saturated heterocycles. The zero-order chi connectivity index (χ0) is 14.3. The van der Waals surface area contributed by atoms with E-state index < -0.39 is 21.1 Å². The van der Waals surface area contributed by atoms with Crippen LogP contribution in [0.25, 0.3) is 0 Å². The van der Waals surface area contributed by atoms with E-state index in [9.17, 15) is 13.2 Å². The number of methoxy groups -OCH3 is 1. The number of nitrogens with zero attached hydrogens (tertiary/aromatic N) is 1. The van der Waals surface area contributed by atoms with Crippen LogP contribution in [-0.2, 0) is 19.4 Å². The van der Waals surface area contributed by atoms with Crippen molar-refractivity contribution in [2.45, 2.75) is 18.1 Å². The fourth-order valence-electron chi connectivity index (χ4n) is 1.70.